The number of carbonyl (C=O) groups excluding carboxylic acids is 1. The van der Waals surface area contributed by atoms with Gasteiger partial charge in [0, 0.05) is 6.42 Å². The van der Waals surface area contributed by atoms with Crippen LogP contribution in [0.3, 0.4) is 0 Å². The number of aryl methyl sites for hydroxylation is 1. The molecule has 17 heavy (non-hydrogen) atoms. The molecule has 1 aliphatic carbocycles. The van der Waals surface area contributed by atoms with Crippen LogP contribution >= 0.6 is 11.8 Å². The number of thioether (sulfide) groups is 1. The van der Waals surface area contributed by atoms with Gasteiger partial charge in [-0.25, -0.2) is 4.98 Å². The monoisotopic (exact) mass is 254 g/mol. The van der Waals surface area contributed by atoms with Gasteiger partial charge in [0.2, 0.25) is 11.1 Å². The highest BCUT2D eigenvalue weighted by Crippen LogP contribution is 2.28. The minimum absolute atomic E-state index is 0.236. The number of aromatic amines is 1. The molecule has 0 bridgehead atoms. The molecule has 1 heterocycles. The van der Waals surface area contributed by atoms with Crippen LogP contribution in [0.25, 0.3) is 0 Å². The van der Waals surface area contributed by atoms with Crippen molar-refractivity contribution < 1.29 is 4.79 Å². The number of nitrogens with two attached hydrogens (primary N) is 1. The molecular weight excluding hydrogens is 236 g/mol. The summed E-state index contributed by atoms with van der Waals surface area (Å²) in [6.07, 6.45) is 7.61. The molecule has 0 saturated heterocycles. The molecule has 94 valence electrons. The molecular formula is C11H18N4OS. The van der Waals surface area contributed by atoms with E-state index in [1.54, 1.807) is 0 Å². The predicted octanol–water partition coefficient (Wildman–Crippen LogP) is 1.50. The Labute approximate surface area is 105 Å². The number of nitrogens with zero attached hydrogens (tertiary/aromatic N) is 2. The lowest BCUT2D eigenvalue weighted by Gasteiger charge is -2.05. The number of H-pyrrole nitrogens is 1. The van der Waals surface area contributed by atoms with Gasteiger partial charge in [0.1, 0.15) is 5.82 Å². The van der Waals surface area contributed by atoms with Crippen LogP contribution < -0.4 is 5.73 Å². The van der Waals surface area contributed by atoms with Crippen LogP contribution in [0.15, 0.2) is 5.16 Å². The lowest BCUT2D eigenvalue weighted by Crippen LogP contribution is -2.13. The van der Waals surface area contributed by atoms with Gasteiger partial charge < -0.3 is 5.73 Å². The van der Waals surface area contributed by atoms with E-state index < -0.39 is 0 Å². The van der Waals surface area contributed by atoms with Crippen LogP contribution in [0.2, 0.25) is 0 Å². The zero-order valence-corrected chi connectivity index (χ0v) is 10.6. The summed E-state index contributed by atoms with van der Waals surface area (Å²) in [5.41, 5.74) is 5.06. The van der Waals surface area contributed by atoms with Gasteiger partial charge in [-0.05, 0) is 12.3 Å². The van der Waals surface area contributed by atoms with Crippen molar-refractivity contribution in [3.63, 3.8) is 0 Å². The number of hydrogen-bond acceptors (Lipinski definition) is 4. The molecule has 6 heteroatoms. The Morgan fingerprint density at radius 3 is 2.94 bits per heavy atom. The van der Waals surface area contributed by atoms with Gasteiger partial charge in [-0.2, -0.15) is 0 Å². The summed E-state index contributed by atoms with van der Waals surface area (Å²) in [5, 5.41) is 7.59. The summed E-state index contributed by atoms with van der Waals surface area (Å²) in [6, 6.07) is 0. The number of nitrogens with one attached hydrogen (secondary N) is 1. The summed E-state index contributed by atoms with van der Waals surface area (Å²) in [4.78, 5) is 14.9. The predicted molar refractivity (Wildman–Crippen MR) is 66.6 cm³/mol. The summed E-state index contributed by atoms with van der Waals surface area (Å²) in [7, 11) is 0. The van der Waals surface area contributed by atoms with E-state index in [2.05, 4.69) is 15.2 Å². The van der Waals surface area contributed by atoms with E-state index >= 15 is 0 Å². The minimum atomic E-state index is -0.340. The molecule has 2 rings (SSSR count). The Balaban J connectivity index is 1.75. The molecule has 0 atom stereocenters. The quantitative estimate of drug-likeness (QED) is 0.753. The van der Waals surface area contributed by atoms with Crippen molar-refractivity contribution in [3.05, 3.63) is 5.82 Å². The topological polar surface area (TPSA) is 84.7 Å². The van der Waals surface area contributed by atoms with Gasteiger partial charge in [0.25, 0.3) is 0 Å². The average molecular weight is 254 g/mol. The molecule has 1 aromatic heterocycles. The maximum atomic E-state index is 10.6. The number of amides is 1. The molecule has 0 aliphatic heterocycles. The van der Waals surface area contributed by atoms with Crippen molar-refractivity contribution in [3.8, 4) is 0 Å². The maximum absolute atomic E-state index is 10.6. The van der Waals surface area contributed by atoms with Crippen LogP contribution in [0.4, 0.5) is 0 Å². The third kappa shape index (κ3) is 4.03. The van der Waals surface area contributed by atoms with Crippen molar-refractivity contribution in [1.82, 2.24) is 15.2 Å². The van der Waals surface area contributed by atoms with Crippen molar-refractivity contribution in [2.24, 2.45) is 11.7 Å². The zero-order chi connectivity index (χ0) is 12.1. The Kier molecular flexibility index (Phi) is 4.42. The van der Waals surface area contributed by atoms with Gasteiger partial charge in [-0.15, -0.1) is 5.10 Å². The van der Waals surface area contributed by atoms with Crippen molar-refractivity contribution in [2.45, 2.75) is 43.7 Å². The molecule has 0 unspecified atom stereocenters. The van der Waals surface area contributed by atoms with Gasteiger partial charge >= 0.3 is 0 Å². The lowest BCUT2D eigenvalue weighted by atomic mass is 10.0. The molecule has 5 nitrogen and oxygen atoms in total. The largest absolute Gasteiger partial charge is 0.369 e. The first-order chi connectivity index (χ1) is 8.24. The highest BCUT2D eigenvalue weighted by Gasteiger charge is 2.15. The Bertz CT molecular complexity index is 373. The first kappa shape index (κ1) is 12.4. The molecule has 1 aliphatic rings. The van der Waals surface area contributed by atoms with E-state index in [1.807, 2.05) is 0 Å². The second-order valence-electron chi connectivity index (χ2n) is 4.51. The summed E-state index contributed by atoms with van der Waals surface area (Å²) < 4.78 is 0. The number of rotatable bonds is 6. The lowest BCUT2D eigenvalue weighted by molar-refractivity contribution is -0.115. The summed E-state index contributed by atoms with van der Waals surface area (Å²) >= 11 is 1.28. The molecule has 1 aromatic rings. The Morgan fingerprint density at radius 2 is 2.24 bits per heavy atom. The fraction of sp³-hybridized carbons (Fsp3) is 0.727. The van der Waals surface area contributed by atoms with Crippen molar-refractivity contribution in [1.29, 1.82) is 0 Å². The third-order valence-corrected chi connectivity index (χ3v) is 3.99. The number of aromatic nitrogens is 3. The molecule has 0 aromatic carbocycles. The van der Waals surface area contributed by atoms with E-state index in [1.165, 1.54) is 43.9 Å². The molecule has 1 fully saturated rings. The molecule has 1 saturated carbocycles. The molecule has 0 spiro atoms. The van der Waals surface area contributed by atoms with Crippen molar-refractivity contribution in [2.75, 3.05) is 5.75 Å². The minimum Gasteiger partial charge on any atom is -0.369 e. The van der Waals surface area contributed by atoms with Crippen LogP contribution in [0.1, 0.15) is 37.9 Å². The smallest absolute Gasteiger partial charge is 0.227 e. The number of carbonyl (C=O) groups is 1. The standard InChI is InChI=1S/C11H18N4OS/c12-9(16)7-17-11-13-10(14-15-11)6-5-8-3-1-2-4-8/h8H,1-7H2,(H2,12,16)(H,13,14,15). The Morgan fingerprint density at radius 1 is 1.47 bits per heavy atom. The SMILES string of the molecule is NC(=O)CSc1n[nH]c(CCC2CCCC2)n1. The van der Waals surface area contributed by atoms with Crippen LogP contribution in [0.5, 0.6) is 0 Å². The molecule has 0 radical (unpaired) electrons. The number of primary amides is 1. The highest BCUT2D eigenvalue weighted by atomic mass is 32.2. The van der Waals surface area contributed by atoms with Crippen LogP contribution in [0, 0.1) is 5.92 Å². The first-order valence-corrected chi connectivity index (χ1v) is 7.05. The van der Waals surface area contributed by atoms with E-state index in [9.17, 15) is 4.79 Å². The van der Waals surface area contributed by atoms with E-state index in [-0.39, 0.29) is 11.7 Å². The van der Waals surface area contributed by atoms with Crippen molar-refractivity contribution >= 4 is 17.7 Å². The highest BCUT2D eigenvalue weighted by molar-refractivity contribution is 7.99. The van der Waals surface area contributed by atoms with Crippen LogP contribution in [-0.4, -0.2) is 26.8 Å². The second-order valence-corrected chi connectivity index (χ2v) is 5.45. The van der Waals surface area contributed by atoms with Gasteiger partial charge in [0.15, 0.2) is 0 Å². The maximum Gasteiger partial charge on any atom is 0.227 e. The van der Waals surface area contributed by atoms with Crippen LogP contribution in [-0.2, 0) is 11.2 Å². The second kappa shape index (κ2) is 6.05. The summed E-state index contributed by atoms with van der Waals surface area (Å²) in [5.74, 6) is 1.68. The Hall–Kier alpha value is -1.04. The zero-order valence-electron chi connectivity index (χ0n) is 9.82. The van der Waals surface area contributed by atoms with Gasteiger partial charge in [-0.3, -0.25) is 9.89 Å². The fourth-order valence-electron chi connectivity index (χ4n) is 2.23. The third-order valence-electron chi connectivity index (χ3n) is 3.12. The van der Waals surface area contributed by atoms with E-state index in [0.717, 1.165) is 18.2 Å². The van der Waals surface area contributed by atoms with E-state index in [0.29, 0.717) is 5.16 Å². The van der Waals surface area contributed by atoms with Gasteiger partial charge in [0.05, 0.1) is 5.75 Å². The fourth-order valence-corrected chi connectivity index (χ4v) is 2.79. The first-order valence-electron chi connectivity index (χ1n) is 6.06. The molecule has 3 N–H and O–H groups in total. The number of hydrogen-bond donors (Lipinski definition) is 2. The average Bonchev–Trinajstić information content (AvgIpc) is 2.95. The molecule has 1 amide bonds. The normalized spacial score (nSPS) is 16.5. The van der Waals surface area contributed by atoms with E-state index in [4.69, 9.17) is 5.73 Å². The summed E-state index contributed by atoms with van der Waals surface area (Å²) in [6.45, 7) is 0. The van der Waals surface area contributed by atoms with Gasteiger partial charge in [-0.1, -0.05) is 37.4 Å².